The monoisotopic (exact) mass is 410 g/mol. The van der Waals surface area contributed by atoms with Gasteiger partial charge in [0, 0.05) is 7.05 Å². The third-order valence-corrected chi connectivity index (χ3v) is 5.31. The zero-order valence-electron chi connectivity index (χ0n) is 14.9. The zero-order valence-corrected chi connectivity index (χ0v) is 15.7. The Bertz CT molecular complexity index is 1220. The van der Waals surface area contributed by atoms with E-state index in [0.29, 0.717) is 26.3 Å². The van der Waals surface area contributed by atoms with E-state index in [4.69, 9.17) is 4.74 Å². The number of aryl methyl sites for hydroxylation is 2. The lowest BCUT2D eigenvalue weighted by molar-refractivity contribution is -0.141. The summed E-state index contributed by atoms with van der Waals surface area (Å²) < 4.78 is 46.3. The molecule has 0 fully saturated rings. The number of carbonyl (C=O) groups is 1. The van der Waals surface area contributed by atoms with Crippen LogP contribution < -0.4 is 0 Å². The van der Waals surface area contributed by atoms with Crippen LogP contribution in [-0.2, 0) is 18.0 Å². The van der Waals surface area contributed by atoms with Gasteiger partial charge in [0.05, 0.1) is 12.0 Å². The minimum absolute atomic E-state index is 0.0723. The second kappa shape index (κ2) is 6.26. The summed E-state index contributed by atoms with van der Waals surface area (Å²) in [6.07, 6.45) is -3.16. The molecule has 4 aromatic rings. The van der Waals surface area contributed by atoms with Gasteiger partial charge >= 0.3 is 12.1 Å². The number of aromatic nitrogens is 6. The summed E-state index contributed by atoms with van der Waals surface area (Å²) in [5.74, 6) is -0.384. The van der Waals surface area contributed by atoms with E-state index in [2.05, 4.69) is 20.2 Å². The summed E-state index contributed by atoms with van der Waals surface area (Å²) in [6.45, 7) is 3.70. The molecule has 146 valence electrons. The molecule has 8 nitrogen and oxygen atoms in total. The van der Waals surface area contributed by atoms with Crippen molar-refractivity contribution in [1.29, 1.82) is 0 Å². The van der Waals surface area contributed by atoms with Gasteiger partial charge in [0.2, 0.25) is 0 Å². The molecule has 4 rings (SSSR count). The van der Waals surface area contributed by atoms with E-state index in [9.17, 15) is 18.0 Å². The Kier molecular flexibility index (Phi) is 4.10. The lowest BCUT2D eigenvalue weighted by Crippen LogP contribution is -2.06. The Balaban J connectivity index is 1.89. The van der Waals surface area contributed by atoms with E-state index in [1.165, 1.54) is 29.2 Å². The van der Waals surface area contributed by atoms with Crippen LogP contribution in [0, 0.1) is 6.92 Å². The average Bonchev–Trinajstić information content (AvgIpc) is 3.29. The summed E-state index contributed by atoms with van der Waals surface area (Å²) in [7, 11) is 1.39. The molecule has 4 heterocycles. The highest BCUT2D eigenvalue weighted by Gasteiger charge is 2.35. The smallest absolute Gasteiger partial charge is 0.435 e. The fraction of sp³-hybridized carbons (Fsp3) is 0.312. The van der Waals surface area contributed by atoms with Gasteiger partial charge in [-0.25, -0.2) is 19.3 Å². The molecule has 0 N–H and O–H groups in total. The number of hydrogen-bond acceptors (Lipinski definition) is 7. The molecule has 0 bridgehead atoms. The van der Waals surface area contributed by atoms with Crippen molar-refractivity contribution in [2.45, 2.75) is 20.0 Å². The molecule has 0 amide bonds. The number of hydrogen-bond donors (Lipinski definition) is 0. The van der Waals surface area contributed by atoms with Crippen LogP contribution in [0.2, 0.25) is 0 Å². The first-order valence-electron chi connectivity index (χ1n) is 8.14. The van der Waals surface area contributed by atoms with Crippen LogP contribution >= 0.6 is 11.3 Å². The fourth-order valence-corrected chi connectivity index (χ4v) is 3.89. The normalized spacial score (nSPS) is 12.2. The Hall–Kier alpha value is -3.02. The highest BCUT2D eigenvalue weighted by Crippen LogP contribution is 2.34. The Labute approximate surface area is 159 Å². The second-order valence-corrected chi connectivity index (χ2v) is 6.94. The standard InChI is InChI=1S/C16H13F3N6O2S/c1-4-27-15(26)11-7(2)10-13-21-12(23-25(13)6-20-14(10)28-11)8-5-9(16(17,18)19)22-24(8)3/h5-6H,4H2,1-3H3. The molecule has 0 radical (unpaired) electrons. The molecule has 4 aromatic heterocycles. The predicted octanol–water partition coefficient (Wildman–Crippen LogP) is 3.24. The Morgan fingerprint density at radius 3 is 2.71 bits per heavy atom. The van der Waals surface area contributed by atoms with Gasteiger partial charge in [0.1, 0.15) is 21.7 Å². The number of esters is 1. The van der Waals surface area contributed by atoms with E-state index in [-0.39, 0.29) is 18.1 Å². The van der Waals surface area contributed by atoms with Crippen LogP contribution in [-0.4, -0.2) is 41.9 Å². The van der Waals surface area contributed by atoms with Crippen molar-refractivity contribution in [3.8, 4) is 11.5 Å². The maximum Gasteiger partial charge on any atom is 0.435 e. The summed E-state index contributed by atoms with van der Waals surface area (Å²) in [6, 6.07) is 0.893. The Morgan fingerprint density at radius 1 is 1.32 bits per heavy atom. The lowest BCUT2D eigenvalue weighted by atomic mass is 10.2. The van der Waals surface area contributed by atoms with Crippen LogP contribution in [0.1, 0.15) is 27.9 Å². The molecule has 0 unspecified atom stereocenters. The van der Waals surface area contributed by atoms with Crippen molar-refractivity contribution in [3.05, 3.63) is 28.5 Å². The molecule has 0 saturated carbocycles. The number of nitrogens with zero attached hydrogens (tertiary/aromatic N) is 6. The van der Waals surface area contributed by atoms with E-state index < -0.39 is 17.8 Å². The first-order chi connectivity index (χ1) is 13.2. The highest BCUT2D eigenvalue weighted by molar-refractivity contribution is 7.20. The third kappa shape index (κ3) is 2.80. The molecule has 0 spiro atoms. The number of fused-ring (bicyclic) bond motifs is 3. The number of halogens is 3. The molecule has 0 saturated heterocycles. The first kappa shape index (κ1) is 18.3. The van der Waals surface area contributed by atoms with E-state index in [0.717, 1.165) is 10.7 Å². The van der Waals surface area contributed by atoms with Gasteiger partial charge in [-0.05, 0) is 25.5 Å². The molecular formula is C16H13F3N6O2S. The summed E-state index contributed by atoms with van der Waals surface area (Å²) in [4.78, 5) is 21.8. The largest absolute Gasteiger partial charge is 0.462 e. The van der Waals surface area contributed by atoms with E-state index >= 15 is 0 Å². The quantitative estimate of drug-likeness (QED) is 0.482. The fourth-order valence-electron chi connectivity index (χ4n) is 2.85. The van der Waals surface area contributed by atoms with Gasteiger partial charge < -0.3 is 4.74 Å². The topological polar surface area (TPSA) is 87.2 Å². The summed E-state index contributed by atoms with van der Waals surface area (Å²) >= 11 is 1.17. The lowest BCUT2D eigenvalue weighted by Gasteiger charge is -1.99. The minimum atomic E-state index is -4.57. The summed E-state index contributed by atoms with van der Waals surface area (Å²) in [5.41, 5.74) is 0.113. The molecule has 0 aliphatic rings. The number of carbonyl (C=O) groups excluding carboxylic acids is 1. The predicted molar refractivity (Wildman–Crippen MR) is 94.1 cm³/mol. The number of ether oxygens (including phenoxy) is 1. The molecule has 0 aliphatic heterocycles. The summed E-state index contributed by atoms with van der Waals surface area (Å²) in [5, 5.41) is 8.31. The van der Waals surface area contributed by atoms with Crippen molar-refractivity contribution in [2.75, 3.05) is 6.61 Å². The van der Waals surface area contributed by atoms with Crippen LogP contribution in [0.3, 0.4) is 0 Å². The van der Waals surface area contributed by atoms with E-state index in [1.54, 1.807) is 13.8 Å². The van der Waals surface area contributed by atoms with Gasteiger partial charge in [-0.2, -0.15) is 18.3 Å². The van der Waals surface area contributed by atoms with E-state index in [1.807, 2.05) is 0 Å². The van der Waals surface area contributed by atoms with Crippen molar-refractivity contribution in [2.24, 2.45) is 7.05 Å². The van der Waals surface area contributed by atoms with Gasteiger partial charge in [-0.3, -0.25) is 4.68 Å². The molecule has 0 aromatic carbocycles. The maximum absolute atomic E-state index is 12.9. The van der Waals surface area contributed by atoms with Crippen molar-refractivity contribution >= 4 is 33.2 Å². The van der Waals surface area contributed by atoms with Gasteiger partial charge in [-0.1, -0.05) is 0 Å². The third-order valence-electron chi connectivity index (χ3n) is 4.13. The van der Waals surface area contributed by atoms with Gasteiger partial charge in [0.25, 0.3) is 0 Å². The van der Waals surface area contributed by atoms with Crippen molar-refractivity contribution in [3.63, 3.8) is 0 Å². The molecule has 0 aliphatic carbocycles. The number of thiophene rings is 1. The van der Waals surface area contributed by atoms with Crippen LogP contribution in [0.4, 0.5) is 13.2 Å². The molecular weight excluding hydrogens is 397 g/mol. The van der Waals surface area contributed by atoms with Crippen molar-refractivity contribution < 1.29 is 22.7 Å². The highest BCUT2D eigenvalue weighted by atomic mass is 32.1. The van der Waals surface area contributed by atoms with Gasteiger partial charge in [-0.15, -0.1) is 16.4 Å². The van der Waals surface area contributed by atoms with Gasteiger partial charge in [0.15, 0.2) is 17.2 Å². The number of rotatable bonds is 3. The first-order valence-corrected chi connectivity index (χ1v) is 8.95. The Morgan fingerprint density at radius 2 is 2.07 bits per heavy atom. The van der Waals surface area contributed by atoms with Crippen LogP contribution in [0.5, 0.6) is 0 Å². The molecule has 12 heteroatoms. The zero-order chi connectivity index (χ0) is 20.2. The molecule has 28 heavy (non-hydrogen) atoms. The maximum atomic E-state index is 12.9. The number of alkyl halides is 3. The minimum Gasteiger partial charge on any atom is -0.462 e. The average molecular weight is 410 g/mol. The van der Waals surface area contributed by atoms with Crippen LogP contribution in [0.15, 0.2) is 12.4 Å². The second-order valence-electron chi connectivity index (χ2n) is 5.94. The van der Waals surface area contributed by atoms with Crippen LogP contribution in [0.25, 0.3) is 27.4 Å². The molecule has 0 atom stereocenters. The SMILES string of the molecule is CCOC(=O)c1sc2ncn3nc(-c4cc(C(F)(F)F)nn4C)nc3c2c1C. The van der Waals surface area contributed by atoms with Crippen molar-refractivity contribution in [1.82, 2.24) is 29.4 Å².